The number of aromatic amines is 1. The number of H-pyrrole nitrogens is 1. The maximum absolute atomic E-state index is 5.23. The largest absolute Gasteiger partial charge is 0.497 e. The molecule has 1 atom stereocenters. The number of rotatable bonds is 8. The van der Waals surface area contributed by atoms with E-state index in [-0.39, 0.29) is 0 Å². The monoisotopic (exact) mass is 293 g/mol. The minimum atomic E-state index is 0.553. The maximum Gasteiger partial charge on any atom is 0.166 e. The van der Waals surface area contributed by atoms with Crippen LogP contribution < -0.4 is 10.1 Å². The number of thioether (sulfide) groups is 1. The van der Waals surface area contributed by atoms with Gasteiger partial charge in [0.15, 0.2) is 5.16 Å². The van der Waals surface area contributed by atoms with Gasteiger partial charge in [0.05, 0.1) is 18.1 Å². The molecule has 0 aliphatic heterocycles. The number of hydrogen-bond donors (Lipinski definition) is 2. The smallest absolute Gasteiger partial charge is 0.166 e. The number of nitrogens with zero attached hydrogens (tertiary/aromatic N) is 1. The van der Waals surface area contributed by atoms with E-state index in [0.717, 1.165) is 34.2 Å². The molecule has 0 aliphatic carbocycles. The second kappa shape index (κ2) is 7.55. The Morgan fingerprint density at radius 1 is 1.40 bits per heavy atom. The van der Waals surface area contributed by atoms with Crippen LogP contribution in [0.5, 0.6) is 5.75 Å². The standard InChI is InChI=1S/C15H23N3OS/c1-4-6-11(16-5-2)10-20-15-17-13-8-7-12(19-3)9-14(13)18-15/h7-9,11,16H,4-6,10H2,1-3H3,(H,17,18). The highest BCUT2D eigenvalue weighted by molar-refractivity contribution is 7.99. The van der Waals surface area contributed by atoms with E-state index in [0.29, 0.717) is 6.04 Å². The lowest BCUT2D eigenvalue weighted by Gasteiger charge is -2.15. The highest BCUT2D eigenvalue weighted by Crippen LogP contribution is 2.23. The lowest BCUT2D eigenvalue weighted by Crippen LogP contribution is -2.30. The van der Waals surface area contributed by atoms with E-state index >= 15 is 0 Å². The van der Waals surface area contributed by atoms with Crippen molar-refractivity contribution in [2.75, 3.05) is 19.4 Å². The molecule has 0 saturated carbocycles. The first-order valence-corrected chi connectivity index (χ1v) is 8.15. The maximum atomic E-state index is 5.23. The highest BCUT2D eigenvalue weighted by Gasteiger charge is 2.09. The van der Waals surface area contributed by atoms with E-state index in [2.05, 4.69) is 29.1 Å². The molecule has 0 fully saturated rings. The summed E-state index contributed by atoms with van der Waals surface area (Å²) < 4.78 is 5.23. The average molecular weight is 293 g/mol. The molecule has 1 heterocycles. The third-order valence-electron chi connectivity index (χ3n) is 3.22. The van der Waals surface area contributed by atoms with Gasteiger partial charge in [0.2, 0.25) is 0 Å². The Hall–Kier alpha value is -1.20. The predicted octanol–water partition coefficient (Wildman–Crippen LogP) is 3.44. The molecule has 0 aliphatic rings. The van der Waals surface area contributed by atoms with Gasteiger partial charge < -0.3 is 15.0 Å². The van der Waals surface area contributed by atoms with E-state index < -0.39 is 0 Å². The Morgan fingerprint density at radius 2 is 2.25 bits per heavy atom. The van der Waals surface area contributed by atoms with Crippen molar-refractivity contribution in [3.05, 3.63) is 18.2 Å². The van der Waals surface area contributed by atoms with Crippen LogP contribution in [0.1, 0.15) is 26.7 Å². The van der Waals surface area contributed by atoms with Crippen molar-refractivity contribution in [3.63, 3.8) is 0 Å². The number of hydrogen-bond acceptors (Lipinski definition) is 4. The topological polar surface area (TPSA) is 49.9 Å². The molecule has 0 saturated heterocycles. The van der Waals surface area contributed by atoms with E-state index in [4.69, 9.17) is 4.74 Å². The second-order valence-corrected chi connectivity index (χ2v) is 5.79. The van der Waals surface area contributed by atoms with E-state index in [1.54, 1.807) is 18.9 Å². The molecule has 1 aromatic heterocycles. The molecule has 2 N–H and O–H groups in total. The molecule has 20 heavy (non-hydrogen) atoms. The number of nitrogens with one attached hydrogen (secondary N) is 2. The third-order valence-corrected chi connectivity index (χ3v) is 4.25. The molecule has 4 nitrogen and oxygen atoms in total. The fourth-order valence-corrected chi connectivity index (χ4v) is 3.21. The molecule has 1 aromatic carbocycles. The summed E-state index contributed by atoms with van der Waals surface area (Å²) in [5, 5.41) is 4.50. The summed E-state index contributed by atoms with van der Waals surface area (Å²) >= 11 is 1.78. The van der Waals surface area contributed by atoms with Crippen LogP contribution in [0, 0.1) is 0 Å². The molecular weight excluding hydrogens is 270 g/mol. The SMILES string of the molecule is CCCC(CSc1nc2ccc(OC)cc2[nH]1)NCC. The van der Waals surface area contributed by atoms with Crippen LogP contribution in [0.4, 0.5) is 0 Å². The minimum absolute atomic E-state index is 0.553. The Balaban J connectivity index is 2.02. The normalized spacial score (nSPS) is 12.8. The quantitative estimate of drug-likeness (QED) is 0.732. The zero-order chi connectivity index (χ0) is 14.4. The summed E-state index contributed by atoms with van der Waals surface area (Å²) in [5.74, 6) is 1.90. The van der Waals surface area contributed by atoms with Crippen LogP contribution in [-0.2, 0) is 0 Å². The first-order valence-electron chi connectivity index (χ1n) is 7.16. The Morgan fingerprint density at radius 3 is 2.95 bits per heavy atom. The molecule has 1 unspecified atom stereocenters. The van der Waals surface area contributed by atoms with Crippen LogP contribution in [0.3, 0.4) is 0 Å². The summed E-state index contributed by atoms with van der Waals surface area (Å²) in [6, 6.07) is 6.47. The van der Waals surface area contributed by atoms with Crippen LogP contribution in [-0.4, -0.2) is 35.4 Å². The molecule has 110 valence electrons. The fourth-order valence-electron chi connectivity index (χ4n) is 2.22. The minimum Gasteiger partial charge on any atom is -0.497 e. The van der Waals surface area contributed by atoms with E-state index in [1.165, 1.54) is 12.8 Å². The molecule has 5 heteroatoms. The predicted molar refractivity (Wildman–Crippen MR) is 85.7 cm³/mol. The lowest BCUT2D eigenvalue weighted by atomic mass is 10.2. The average Bonchev–Trinajstić information content (AvgIpc) is 2.87. The van der Waals surface area contributed by atoms with Gasteiger partial charge in [-0.05, 0) is 25.1 Å². The van der Waals surface area contributed by atoms with Gasteiger partial charge in [-0.3, -0.25) is 0 Å². The van der Waals surface area contributed by atoms with Crippen molar-refractivity contribution in [3.8, 4) is 5.75 Å². The van der Waals surface area contributed by atoms with E-state index in [9.17, 15) is 0 Å². The fraction of sp³-hybridized carbons (Fsp3) is 0.533. The molecule has 2 rings (SSSR count). The first kappa shape index (κ1) is 15.2. The Bertz CT molecular complexity index is 535. The Kier molecular flexibility index (Phi) is 5.73. The van der Waals surface area contributed by atoms with Crippen molar-refractivity contribution < 1.29 is 4.74 Å². The zero-order valence-corrected chi connectivity index (χ0v) is 13.2. The highest BCUT2D eigenvalue weighted by atomic mass is 32.2. The van der Waals surface area contributed by atoms with Crippen LogP contribution in [0.15, 0.2) is 23.4 Å². The number of methoxy groups -OCH3 is 1. The summed E-state index contributed by atoms with van der Waals surface area (Å²) in [7, 11) is 1.68. The third kappa shape index (κ3) is 3.90. The van der Waals surface area contributed by atoms with Crippen molar-refractivity contribution in [2.45, 2.75) is 37.9 Å². The molecule has 0 radical (unpaired) electrons. The lowest BCUT2D eigenvalue weighted by molar-refractivity contribution is 0.415. The van der Waals surface area contributed by atoms with Crippen molar-refractivity contribution in [2.24, 2.45) is 0 Å². The number of aromatic nitrogens is 2. The van der Waals surface area contributed by atoms with Crippen molar-refractivity contribution >= 4 is 22.8 Å². The van der Waals surface area contributed by atoms with Gasteiger partial charge in [-0.2, -0.15) is 0 Å². The molecule has 0 bridgehead atoms. The van der Waals surface area contributed by atoms with Crippen LogP contribution in [0.25, 0.3) is 11.0 Å². The molecule has 2 aromatic rings. The van der Waals surface area contributed by atoms with Gasteiger partial charge >= 0.3 is 0 Å². The van der Waals surface area contributed by atoms with Gasteiger partial charge in [0.25, 0.3) is 0 Å². The second-order valence-electron chi connectivity index (χ2n) is 4.78. The summed E-state index contributed by atoms with van der Waals surface area (Å²) in [5.41, 5.74) is 2.02. The van der Waals surface area contributed by atoms with Gasteiger partial charge in [0.1, 0.15) is 5.75 Å². The van der Waals surface area contributed by atoms with Crippen molar-refractivity contribution in [1.82, 2.24) is 15.3 Å². The summed E-state index contributed by atoms with van der Waals surface area (Å²) in [6.45, 7) is 5.39. The molecular formula is C15H23N3OS. The zero-order valence-electron chi connectivity index (χ0n) is 12.4. The Labute approximate surface area is 124 Å². The van der Waals surface area contributed by atoms with Crippen LogP contribution >= 0.6 is 11.8 Å². The summed E-state index contributed by atoms with van der Waals surface area (Å²) in [6.07, 6.45) is 2.41. The van der Waals surface area contributed by atoms with Gasteiger partial charge in [-0.15, -0.1) is 0 Å². The molecule has 0 amide bonds. The van der Waals surface area contributed by atoms with Gasteiger partial charge in [0, 0.05) is 17.9 Å². The van der Waals surface area contributed by atoms with Gasteiger partial charge in [-0.1, -0.05) is 32.0 Å². The first-order chi connectivity index (χ1) is 9.76. The van der Waals surface area contributed by atoms with Crippen molar-refractivity contribution in [1.29, 1.82) is 0 Å². The number of imidazole rings is 1. The molecule has 0 spiro atoms. The van der Waals surface area contributed by atoms with Crippen LogP contribution in [0.2, 0.25) is 0 Å². The number of benzene rings is 1. The van der Waals surface area contributed by atoms with E-state index in [1.807, 2.05) is 18.2 Å². The summed E-state index contributed by atoms with van der Waals surface area (Å²) in [4.78, 5) is 7.96. The number of ether oxygens (including phenoxy) is 1. The van der Waals surface area contributed by atoms with Gasteiger partial charge in [-0.25, -0.2) is 4.98 Å². The number of fused-ring (bicyclic) bond motifs is 1.